The zero-order valence-electron chi connectivity index (χ0n) is 25.3. The normalized spacial score (nSPS) is 11.9. The quantitative estimate of drug-likeness (QED) is 0.150. The predicted molar refractivity (Wildman–Crippen MR) is 179 cm³/mol. The molecule has 45 heavy (non-hydrogen) atoms. The Hall–Kier alpha value is -4.02. The van der Waals surface area contributed by atoms with Gasteiger partial charge < -0.3 is 10.2 Å². The average molecular weight is 695 g/mol. The Morgan fingerprint density at radius 2 is 1.56 bits per heavy atom. The highest BCUT2D eigenvalue weighted by Gasteiger charge is 2.34. The van der Waals surface area contributed by atoms with Gasteiger partial charge in [-0.05, 0) is 73.0 Å². The second kappa shape index (κ2) is 15.8. The van der Waals surface area contributed by atoms with Crippen LogP contribution in [0.4, 0.5) is 10.1 Å². The van der Waals surface area contributed by atoms with Gasteiger partial charge in [-0.3, -0.25) is 13.9 Å². The molecule has 1 atom stereocenters. The van der Waals surface area contributed by atoms with E-state index in [-0.39, 0.29) is 29.5 Å². The summed E-state index contributed by atoms with van der Waals surface area (Å²) in [6, 6.07) is 27.2. The number of unbranched alkanes of at least 4 members (excludes halogenated alkanes) is 1. The van der Waals surface area contributed by atoms with E-state index < -0.39 is 34.3 Å². The number of anilines is 1. The number of amides is 2. The molecular formula is C35H37BrFN3O4S. The van der Waals surface area contributed by atoms with Crippen LogP contribution in [0.15, 0.2) is 112 Å². The van der Waals surface area contributed by atoms with Crippen LogP contribution in [-0.2, 0) is 32.6 Å². The molecular weight excluding hydrogens is 657 g/mol. The molecule has 0 saturated carbocycles. The molecule has 0 aromatic heterocycles. The van der Waals surface area contributed by atoms with Crippen LogP contribution in [0.2, 0.25) is 0 Å². The van der Waals surface area contributed by atoms with E-state index in [0.717, 1.165) is 50.4 Å². The standard InChI is InChI=1S/C35H37BrFN3O4S/c1-3-4-21-38-35(42)33(23-27-9-6-5-7-10-27)39(24-28-11-8-12-29(36)22-28)34(41)25-40(31-17-13-26(2)14-18-31)45(43,44)32-19-15-30(37)16-20-32/h5-20,22,33H,3-4,21,23-25H2,1-2H3,(H,38,42). The summed E-state index contributed by atoms with van der Waals surface area (Å²) in [5.41, 5.74) is 2.80. The van der Waals surface area contributed by atoms with Gasteiger partial charge in [0.05, 0.1) is 10.6 Å². The first-order chi connectivity index (χ1) is 21.6. The Morgan fingerprint density at radius 1 is 0.889 bits per heavy atom. The van der Waals surface area contributed by atoms with Gasteiger partial charge in [-0.2, -0.15) is 0 Å². The molecule has 7 nitrogen and oxygen atoms in total. The summed E-state index contributed by atoms with van der Waals surface area (Å²) < 4.78 is 43.6. The van der Waals surface area contributed by atoms with Crippen molar-refractivity contribution in [3.05, 3.63) is 130 Å². The maximum Gasteiger partial charge on any atom is 0.264 e. The van der Waals surface area contributed by atoms with Gasteiger partial charge in [-0.15, -0.1) is 0 Å². The molecule has 0 saturated heterocycles. The first-order valence-corrected chi connectivity index (χ1v) is 17.0. The van der Waals surface area contributed by atoms with Crippen LogP contribution >= 0.6 is 15.9 Å². The molecule has 1 unspecified atom stereocenters. The number of benzene rings is 4. The molecule has 0 radical (unpaired) electrons. The smallest absolute Gasteiger partial charge is 0.264 e. The molecule has 0 aliphatic carbocycles. The van der Waals surface area contributed by atoms with Gasteiger partial charge >= 0.3 is 0 Å². The molecule has 0 heterocycles. The number of nitrogens with zero attached hydrogens (tertiary/aromatic N) is 2. The van der Waals surface area contributed by atoms with Crippen LogP contribution < -0.4 is 9.62 Å². The van der Waals surface area contributed by atoms with E-state index in [0.29, 0.717) is 6.54 Å². The molecule has 0 fully saturated rings. The number of halogens is 2. The number of aryl methyl sites for hydroxylation is 1. The van der Waals surface area contributed by atoms with Crippen LogP contribution in [0.1, 0.15) is 36.5 Å². The van der Waals surface area contributed by atoms with E-state index >= 15 is 0 Å². The molecule has 0 aliphatic rings. The van der Waals surface area contributed by atoms with Crippen molar-refractivity contribution in [1.29, 1.82) is 0 Å². The Bertz CT molecular complexity index is 1680. The summed E-state index contributed by atoms with van der Waals surface area (Å²) in [5, 5.41) is 2.98. The van der Waals surface area contributed by atoms with Crippen molar-refractivity contribution in [2.24, 2.45) is 0 Å². The van der Waals surface area contributed by atoms with Gasteiger partial charge in [0.2, 0.25) is 11.8 Å². The highest BCUT2D eigenvalue weighted by Crippen LogP contribution is 2.26. The van der Waals surface area contributed by atoms with Crippen molar-refractivity contribution in [3.8, 4) is 0 Å². The summed E-state index contributed by atoms with van der Waals surface area (Å²) in [5.74, 6) is -1.46. The van der Waals surface area contributed by atoms with Gasteiger partial charge in [0.25, 0.3) is 10.0 Å². The fraction of sp³-hybridized carbons (Fsp3) is 0.257. The number of hydrogen-bond donors (Lipinski definition) is 1. The minimum absolute atomic E-state index is 0.0648. The number of sulfonamides is 1. The Labute approximate surface area is 273 Å². The van der Waals surface area contributed by atoms with Crippen molar-refractivity contribution in [2.75, 3.05) is 17.4 Å². The zero-order valence-corrected chi connectivity index (χ0v) is 27.7. The van der Waals surface area contributed by atoms with Crippen LogP contribution in [0.5, 0.6) is 0 Å². The van der Waals surface area contributed by atoms with Gasteiger partial charge in [-0.1, -0.05) is 89.4 Å². The Balaban J connectivity index is 1.78. The third-order valence-corrected chi connectivity index (χ3v) is 9.63. The minimum Gasteiger partial charge on any atom is -0.354 e. The van der Waals surface area contributed by atoms with E-state index in [1.54, 1.807) is 24.3 Å². The van der Waals surface area contributed by atoms with Crippen molar-refractivity contribution < 1.29 is 22.4 Å². The topological polar surface area (TPSA) is 86.8 Å². The van der Waals surface area contributed by atoms with Crippen molar-refractivity contribution >= 4 is 43.5 Å². The minimum atomic E-state index is -4.30. The largest absolute Gasteiger partial charge is 0.354 e. The van der Waals surface area contributed by atoms with Crippen LogP contribution in [0, 0.1) is 12.7 Å². The third-order valence-electron chi connectivity index (χ3n) is 7.35. The molecule has 2 amide bonds. The highest BCUT2D eigenvalue weighted by molar-refractivity contribution is 9.10. The molecule has 0 spiro atoms. The lowest BCUT2D eigenvalue weighted by Crippen LogP contribution is -2.53. The molecule has 4 aromatic carbocycles. The molecule has 0 bridgehead atoms. The molecule has 4 rings (SSSR count). The molecule has 1 N–H and O–H groups in total. The molecule has 236 valence electrons. The molecule has 4 aromatic rings. The maximum atomic E-state index is 14.4. The summed E-state index contributed by atoms with van der Waals surface area (Å²) >= 11 is 3.49. The third kappa shape index (κ3) is 9.25. The lowest BCUT2D eigenvalue weighted by molar-refractivity contribution is -0.140. The second-order valence-corrected chi connectivity index (χ2v) is 13.6. The SMILES string of the molecule is CCCCNC(=O)C(Cc1ccccc1)N(Cc1cccc(Br)c1)C(=O)CN(c1ccc(C)cc1)S(=O)(=O)c1ccc(F)cc1. The van der Waals surface area contributed by atoms with E-state index in [1.807, 2.05) is 68.4 Å². The highest BCUT2D eigenvalue weighted by atomic mass is 79.9. The fourth-order valence-electron chi connectivity index (χ4n) is 4.87. The summed E-state index contributed by atoms with van der Waals surface area (Å²) in [4.78, 5) is 29.5. The summed E-state index contributed by atoms with van der Waals surface area (Å²) in [7, 11) is -4.30. The number of carbonyl (C=O) groups excluding carboxylic acids is 2. The number of hydrogen-bond acceptors (Lipinski definition) is 4. The van der Waals surface area contributed by atoms with Crippen molar-refractivity contribution in [1.82, 2.24) is 10.2 Å². The predicted octanol–water partition coefficient (Wildman–Crippen LogP) is 6.65. The van der Waals surface area contributed by atoms with Crippen LogP contribution in [0.25, 0.3) is 0 Å². The second-order valence-electron chi connectivity index (χ2n) is 10.8. The van der Waals surface area contributed by atoms with E-state index in [9.17, 15) is 22.4 Å². The van der Waals surface area contributed by atoms with E-state index in [4.69, 9.17) is 0 Å². The first-order valence-electron chi connectivity index (χ1n) is 14.8. The van der Waals surface area contributed by atoms with Crippen LogP contribution in [0.3, 0.4) is 0 Å². The number of rotatable bonds is 14. The zero-order chi connectivity index (χ0) is 32.4. The van der Waals surface area contributed by atoms with Crippen LogP contribution in [-0.4, -0.2) is 44.3 Å². The lowest BCUT2D eigenvalue weighted by atomic mass is 10.0. The van der Waals surface area contributed by atoms with Gasteiger partial charge in [-0.25, -0.2) is 12.8 Å². The van der Waals surface area contributed by atoms with E-state index in [1.165, 1.54) is 17.0 Å². The summed E-state index contributed by atoms with van der Waals surface area (Å²) in [6.45, 7) is 3.84. The number of nitrogens with one attached hydrogen (secondary N) is 1. The lowest BCUT2D eigenvalue weighted by Gasteiger charge is -2.34. The Morgan fingerprint density at radius 3 is 2.20 bits per heavy atom. The average Bonchev–Trinajstić information content (AvgIpc) is 3.02. The van der Waals surface area contributed by atoms with Crippen molar-refractivity contribution in [2.45, 2.75) is 50.6 Å². The maximum absolute atomic E-state index is 14.4. The van der Waals surface area contributed by atoms with Crippen molar-refractivity contribution in [3.63, 3.8) is 0 Å². The first kappa shape index (κ1) is 33.9. The monoisotopic (exact) mass is 693 g/mol. The molecule has 10 heteroatoms. The van der Waals surface area contributed by atoms with Gasteiger partial charge in [0.15, 0.2) is 0 Å². The molecule has 0 aliphatic heterocycles. The fourth-order valence-corrected chi connectivity index (χ4v) is 6.73. The number of carbonyl (C=O) groups is 2. The summed E-state index contributed by atoms with van der Waals surface area (Å²) in [6.07, 6.45) is 1.89. The van der Waals surface area contributed by atoms with E-state index in [2.05, 4.69) is 21.2 Å². The van der Waals surface area contributed by atoms with Gasteiger partial charge in [0, 0.05) is 24.0 Å². The van der Waals surface area contributed by atoms with Gasteiger partial charge in [0.1, 0.15) is 18.4 Å². The Kier molecular flexibility index (Phi) is 11.9.